The molecule has 4 nitrogen and oxygen atoms in total. The Morgan fingerprint density at radius 2 is 0.464 bits per heavy atom. The molecule has 0 atom stereocenters. The number of hydrogen-bond acceptors (Lipinski definition) is 1. The van der Waals surface area contributed by atoms with Crippen LogP contribution >= 0.6 is 0 Å². The Kier molecular flexibility index (Phi) is 8.24. The predicted molar refractivity (Wildman–Crippen MR) is 171 cm³/mol. The molecule has 1 aliphatic rings. The van der Waals surface area contributed by atoms with E-state index in [1.54, 1.807) is 0 Å². The van der Waals surface area contributed by atoms with Crippen LogP contribution in [-0.4, -0.2) is 19.9 Å². The molecule has 56 heavy (non-hydrogen) atoms. The van der Waals surface area contributed by atoms with Crippen LogP contribution in [0, 0.1) is 87.3 Å². The van der Waals surface area contributed by atoms with Crippen LogP contribution in [-0.2, 0) is 0 Å². The van der Waals surface area contributed by atoms with E-state index < -0.39 is 154 Å². The molecule has 0 saturated heterocycles. The topological polar surface area (TPSA) is 60.3 Å². The normalized spacial score (nSPS) is 12.1. The van der Waals surface area contributed by atoms with E-state index in [-0.39, 0.29) is 11.0 Å². The van der Waals surface area contributed by atoms with Crippen LogP contribution in [0.2, 0.25) is 0 Å². The number of fused-ring (bicyclic) bond motifs is 9. The molecule has 1 aliphatic heterocycles. The Labute approximate surface area is 299 Å². The van der Waals surface area contributed by atoms with Crippen LogP contribution < -0.4 is 0 Å². The van der Waals surface area contributed by atoms with Gasteiger partial charge in [0.25, 0.3) is 0 Å². The monoisotopic (exact) mass is 796 g/mol. The SMILES string of the molecule is Fc1c(F)c(F)c(-c2c3nc(c(-c4c(F)c(F)c(F)c(F)c4F)c4ccc([nH]4)c4ccc([nH]4)c(-c4c(F)c(F)c(F)c(F)c4F)c4ccc2[nH]4)C=C3)c(F)c1F. The molecule has 0 unspecified atom stereocenters. The van der Waals surface area contributed by atoms with Crippen LogP contribution in [0.4, 0.5) is 65.9 Å². The molecule has 0 saturated carbocycles. The Bertz CT molecular complexity index is 2960. The van der Waals surface area contributed by atoms with E-state index in [0.29, 0.717) is 0 Å². The Morgan fingerprint density at radius 1 is 0.250 bits per heavy atom. The zero-order chi connectivity index (χ0) is 40.2. The van der Waals surface area contributed by atoms with Gasteiger partial charge >= 0.3 is 0 Å². The number of aromatic amines is 3. The number of halogens is 15. The first-order valence-electron chi connectivity index (χ1n) is 15.4. The van der Waals surface area contributed by atoms with Gasteiger partial charge in [-0.15, -0.1) is 0 Å². The molecule has 19 heteroatoms. The van der Waals surface area contributed by atoms with E-state index in [9.17, 15) is 39.5 Å². The Hall–Kier alpha value is -6.66. The van der Waals surface area contributed by atoms with Crippen molar-refractivity contribution in [3.63, 3.8) is 0 Å². The van der Waals surface area contributed by atoms with E-state index in [1.807, 2.05) is 0 Å². The van der Waals surface area contributed by atoms with Crippen molar-refractivity contribution in [1.29, 1.82) is 0 Å². The van der Waals surface area contributed by atoms with Crippen molar-refractivity contribution >= 4 is 45.3 Å². The molecule has 0 aliphatic carbocycles. The highest BCUT2D eigenvalue weighted by Gasteiger charge is 2.33. The summed E-state index contributed by atoms with van der Waals surface area (Å²) in [6.45, 7) is 0. The van der Waals surface area contributed by atoms with Crippen molar-refractivity contribution in [2.24, 2.45) is 0 Å². The van der Waals surface area contributed by atoms with Gasteiger partial charge in [0.1, 0.15) is 0 Å². The summed E-state index contributed by atoms with van der Waals surface area (Å²) in [5.41, 5.74) is -11.4. The molecule has 3 N–H and O–H groups in total. The summed E-state index contributed by atoms with van der Waals surface area (Å²) in [6, 6.07) is 6.17. The largest absolute Gasteiger partial charge is 0.354 e. The number of aromatic nitrogens is 4. The van der Waals surface area contributed by atoms with Gasteiger partial charge < -0.3 is 15.0 Å². The van der Waals surface area contributed by atoms with Crippen molar-refractivity contribution in [2.75, 3.05) is 0 Å². The summed E-state index contributed by atoms with van der Waals surface area (Å²) in [5.74, 6) is -36.5. The molecule has 0 radical (unpaired) electrons. The van der Waals surface area contributed by atoms with E-state index in [1.165, 1.54) is 12.1 Å². The van der Waals surface area contributed by atoms with E-state index in [4.69, 9.17) is 0 Å². The van der Waals surface area contributed by atoms with Crippen LogP contribution in [0.3, 0.4) is 0 Å². The molecular weight excluding hydrogens is 785 g/mol. The maximum Gasteiger partial charge on any atom is 0.200 e. The lowest BCUT2D eigenvalue weighted by atomic mass is 10.0. The smallest absolute Gasteiger partial charge is 0.200 e. The molecule has 8 rings (SSSR count). The summed E-state index contributed by atoms with van der Waals surface area (Å²) in [5, 5.41) is 0. The van der Waals surface area contributed by atoms with Crippen molar-refractivity contribution in [3.05, 3.63) is 135 Å². The second kappa shape index (κ2) is 12.7. The van der Waals surface area contributed by atoms with Crippen LogP contribution in [0.1, 0.15) is 11.4 Å². The Morgan fingerprint density at radius 3 is 0.768 bits per heavy atom. The van der Waals surface area contributed by atoms with Gasteiger partial charge in [0.05, 0.1) is 39.1 Å². The number of nitrogens with zero attached hydrogens (tertiary/aromatic N) is 1. The van der Waals surface area contributed by atoms with Crippen LogP contribution in [0.25, 0.3) is 78.6 Å². The highest BCUT2D eigenvalue weighted by molar-refractivity contribution is 6.00. The minimum atomic E-state index is -2.60. The van der Waals surface area contributed by atoms with Crippen LogP contribution in [0.15, 0.2) is 36.4 Å². The van der Waals surface area contributed by atoms with Gasteiger partial charge in [0, 0.05) is 38.8 Å². The lowest BCUT2D eigenvalue weighted by Crippen LogP contribution is -2.05. The van der Waals surface area contributed by atoms with Crippen molar-refractivity contribution in [3.8, 4) is 33.4 Å². The maximum atomic E-state index is 15.6. The molecule has 0 fully saturated rings. The van der Waals surface area contributed by atoms with Gasteiger partial charge in [0.15, 0.2) is 69.8 Å². The summed E-state index contributed by atoms with van der Waals surface area (Å²) >= 11 is 0. The highest BCUT2D eigenvalue weighted by Crippen LogP contribution is 2.42. The quantitative estimate of drug-likeness (QED) is 0.0931. The van der Waals surface area contributed by atoms with Gasteiger partial charge in [-0.3, -0.25) is 0 Å². The predicted octanol–water partition coefficient (Wildman–Crippen LogP) is 11.8. The standard InChI is InChI=1S/C37H11F15N4/c38-23-20(24(39)30(45)35(50)29(23)44)17-11-3-1-9(53-11)10-2-4-12(54-10)18(21-25(40)31(46)36(51)32(47)26(21)41)14-6-8-16(56-14)19(15-7-5-13(17)55-15)22-27(42)33(48)37(52)34(49)28(22)43/h1-8,53-55H. The van der Waals surface area contributed by atoms with Gasteiger partial charge in [-0.25, -0.2) is 70.8 Å². The van der Waals surface area contributed by atoms with Gasteiger partial charge in [-0.1, -0.05) is 0 Å². The molecule has 7 aromatic rings. The third kappa shape index (κ3) is 5.09. The molecular formula is C37H11F15N4. The van der Waals surface area contributed by atoms with Crippen molar-refractivity contribution in [2.45, 2.75) is 0 Å². The first-order chi connectivity index (χ1) is 26.5. The zero-order valence-electron chi connectivity index (χ0n) is 26.7. The highest BCUT2D eigenvalue weighted by atomic mass is 19.2. The summed E-state index contributed by atoms with van der Waals surface area (Å²) < 4.78 is 223. The molecule has 0 amide bonds. The van der Waals surface area contributed by atoms with Gasteiger partial charge in [0.2, 0.25) is 17.5 Å². The molecule has 284 valence electrons. The summed E-state index contributed by atoms with van der Waals surface area (Å²) in [4.78, 5) is 11.8. The fourth-order valence-electron chi connectivity index (χ4n) is 6.41. The third-order valence-electron chi connectivity index (χ3n) is 8.96. The average Bonchev–Trinajstić information content (AvgIpc) is 4.03. The Balaban J connectivity index is 1.65. The maximum absolute atomic E-state index is 15.6. The molecule has 4 aromatic heterocycles. The third-order valence-corrected chi connectivity index (χ3v) is 8.96. The molecule has 8 bridgehead atoms. The number of nitrogens with one attached hydrogen (secondary N) is 3. The average molecular weight is 796 g/mol. The first-order valence-corrected chi connectivity index (χ1v) is 15.4. The van der Waals surface area contributed by atoms with E-state index >= 15 is 26.3 Å². The zero-order valence-corrected chi connectivity index (χ0v) is 26.7. The molecule has 5 heterocycles. The minimum Gasteiger partial charge on any atom is -0.354 e. The summed E-state index contributed by atoms with van der Waals surface area (Å²) in [6.07, 6.45) is 1.64. The fraction of sp³-hybridized carbons (Fsp3) is 0. The minimum absolute atomic E-state index is 0.0733. The van der Waals surface area contributed by atoms with Crippen molar-refractivity contribution in [1.82, 2.24) is 19.9 Å². The van der Waals surface area contributed by atoms with Crippen LogP contribution in [0.5, 0.6) is 0 Å². The fourth-order valence-corrected chi connectivity index (χ4v) is 6.41. The van der Waals surface area contributed by atoms with Gasteiger partial charge in [-0.2, -0.15) is 0 Å². The van der Waals surface area contributed by atoms with Crippen molar-refractivity contribution < 1.29 is 65.9 Å². The number of H-pyrrole nitrogens is 3. The van der Waals surface area contributed by atoms with Gasteiger partial charge in [-0.05, 0) is 48.6 Å². The summed E-state index contributed by atoms with van der Waals surface area (Å²) in [7, 11) is 0. The number of hydrogen-bond donors (Lipinski definition) is 3. The van der Waals surface area contributed by atoms with E-state index in [0.717, 1.165) is 36.4 Å². The van der Waals surface area contributed by atoms with E-state index in [2.05, 4.69) is 19.9 Å². The second-order valence-corrected chi connectivity index (χ2v) is 12.0. The first kappa shape index (κ1) is 36.3. The lowest BCUT2D eigenvalue weighted by Gasteiger charge is -2.11. The lowest BCUT2D eigenvalue weighted by molar-refractivity contribution is 0.381. The molecule has 0 spiro atoms. The molecule has 3 aromatic carbocycles. The second-order valence-electron chi connectivity index (χ2n) is 12.0. The number of rotatable bonds is 3. The number of benzene rings is 3.